The highest BCUT2D eigenvalue weighted by atomic mass is 14.8. The molecular weight excluding hydrogens is 280 g/mol. The third-order valence-corrected chi connectivity index (χ3v) is 3.02. The van der Waals surface area contributed by atoms with Crippen LogP contribution >= 0.6 is 0 Å². The lowest BCUT2D eigenvalue weighted by atomic mass is 9.73. The van der Waals surface area contributed by atoms with Crippen LogP contribution in [-0.2, 0) is 0 Å². The maximum absolute atomic E-state index is 9.33. The molecule has 0 fully saturated rings. The fraction of sp³-hybridized carbons (Fsp3) is 0.143. The molecule has 8 heteroatoms. The van der Waals surface area contributed by atoms with E-state index in [1.807, 2.05) is 24.3 Å². The monoisotopic (exact) mass is 292 g/mol. The van der Waals surface area contributed by atoms with Crippen molar-refractivity contribution >= 4 is 0 Å². The molecule has 8 nitrogen and oxygen atoms in total. The second kappa shape index (κ2) is 6.52. The number of nitrogens with zero attached hydrogens (tertiary/aromatic N) is 4. The van der Waals surface area contributed by atoms with Gasteiger partial charge in [-0.3, -0.25) is 0 Å². The van der Waals surface area contributed by atoms with Crippen molar-refractivity contribution in [2.75, 3.05) is 0 Å². The molecule has 0 unspecified atom stereocenters. The third kappa shape index (κ3) is 2.82. The predicted molar refractivity (Wildman–Crippen MR) is 76.4 cm³/mol. The van der Waals surface area contributed by atoms with Crippen LogP contribution < -0.4 is 22.9 Å². The summed E-state index contributed by atoms with van der Waals surface area (Å²) in [5, 5.41) is 37.3. The minimum atomic E-state index is -0.951. The Labute approximate surface area is 127 Å². The lowest BCUT2D eigenvalue weighted by molar-refractivity contribution is 0.795. The zero-order chi connectivity index (χ0) is 16.9. The largest absolute Gasteiger partial charge is 0.386 e. The zero-order valence-electron chi connectivity index (χ0n) is 11.4. The first-order valence-electron chi connectivity index (χ1n) is 5.95. The van der Waals surface area contributed by atoms with Crippen LogP contribution in [0.2, 0.25) is 0 Å². The highest BCUT2D eigenvalue weighted by Gasteiger charge is 2.35. The summed E-state index contributed by atoms with van der Waals surface area (Å²) in [5.41, 5.74) is 21.5. The van der Waals surface area contributed by atoms with Crippen LogP contribution in [0.25, 0.3) is 0 Å². The van der Waals surface area contributed by atoms with Crippen molar-refractivity contribution in [3.05, 3.63) is 46.1 Å². The molecular formula is C14H12N8. The van der Waals surface area contributed by atoms with Crippen LogP contribution in [0.5, 0.6) is 0 Å². The first-order valence-corrected chi connectivity index (χ1v) is 5.95. The average molecular weight is 292 g/mol. The number of hydrogen-bond acceptors (Lipinski definition) is 8. The molecule has 0 saturated heterocycles. The van der Waals surface area contributed by atoms with Crippen LogP contribution in [0.15, 0.2) is 46.1 Å². The summed E-state index contributed by atoms with van der Waals surface area (Å²) in [6, 6.07) is 7.47. The summed E-state index contributed by atoms with van der Waals surface area (Å²) >= 11 is 0. The first-order chi connectivity index (χ1) is 10.4. The lowest BCUT2D eigenvalue weighted by Gasteiger charge is -2.25. The number of rotatable bonds is 2. The highest BCUT2D eigenvalue weighted by molar-refractivity contribution is 5.61. The van der Waals surface area contributed by atoms with Gasteiger partial charge in [0.1, 0.15) is 0 Å². The minimum Gasteiger partial charge on any atom is -0.386 e. The van der Waals surface area contributed by atoms with Gasteiger partial charge in [-0.2, -0.15) is 21.0 Å². The van der Waals surface area contributed by atoms with Crippen LogP contribution in [-0.4, -0.2) is 0 Å². The van der Waals surface area contributed by atoms with Gasteiger partial charge in [-0.25, -0.2) is 0 Å². The van der Waals surface area contributed by atoms with E-state index in [1.54, 1.807) is 0 Å². The number of allylic oxidation sites excluding steroid dienone is 6. The van der Waals surface area contributed by atoms with Gasteiger partial charge >= 0.3 is 0 Å². The molecule has 1 aliphatic carbocycles. The SMILES string of the molecule is N#CC1=C(C#N)C(C=C(N)N)C(C#N)=C(C#N)C1C=C(N)N. The van der Waals surface area contributed by atoms with Gasteiger partial charge in [0.2, 0.25) is 0 Å². The van der Waals surface area contributed by atoms with Crippen molar-refractivity contribution in [1.82, 2.24) is 0 Å². The lowest BCUT2D eigenvalue weighted by Crippen LogP contribution is -2.24. The molecule has 0 spiro atoms. The Hall–Kier alpha value is -3.88. The van der Waals surface area contributed by atoms with Crippen molar-refractivity contribution < 1.29 is 0 Å². The smallest absolute Gasteiger partial charge is 0.0968 e. The number of nitrogens with two attached hydrogens (primary N) is 4. The van der Waals surface area contributed by atoms with Gasteiger partial charge in [0.15, 0.2) is 0 Å². The van der Waals surface area contributed by atoms with Gasteiger partial charge < -0.3 is 22.9 Å². The molecule has 0 atom stereocenters. The molecule has 0 saturated carbocycles. The van der Waals surface area contributed by atoms with Crippen molar-refractivity contribution in [2.24, 2.45) is 34.8 Å². The molecule has 0 amide bonds. The second-order valence-electron chi connectivity index (χ2n) is 4.39. The van der Waals surface area contributed by atoms with Gasteiger partial charge in [-0.15, -0.1) is 0 Å². The number of hydrogen-bond donors (Lipinski definition) is 4. The van der Waals surface area contributed by atoms with Gasteiger partial charge in [0.05, 0.1) is 70.0 Å². The van der Waals surface area contributed by atoms with Crippen molar-refractivity contribution in [3.63, 3.8) is 0 Å². The number of nitriles is 4. The van der Waals surface area contributed by atoms with E-state index in [4.69, 9.17) is 22.9 Å². The van der Waals surface area contributed by atoms with E-state index in [0.29, 0.717) is 0 Å². The van der Waals surface area contributed by atoms with Crippen molar-refractivity contribution in [1.29, 1.82) is 21.0 Å². The quantitative estimate of drug-likeness (QED) is 0.518. The molecule has 1 rings (SSSR count). The molecule has 0 radical (unpaired) electrons. The Morgan fingerprint density at radius 3 is 1.00 bits per heavy atom. The standard InChI is InChI=1S/C14H12N8/c15-3-9-7(1-13(19)20)10(4-16)12(6-18)8(2-14(21)22)11(9)5-17/h1-2,7-8H,19-22H2. The van der Waals surface area contributed by atoms with Crippen molar-refractivity contribution in [2.45, 2.75) is 0 Å². The highest BCUT2D eigenvalue weighted by Crippen LogP contribution is 2.39. The van der Waals surface area contributed by atoms with E-state index >= 15 is 0 Å². The normalized spacial score (nSPS) is 20.0. The summed E-state index contributed by atoms with van der Waals surface area (Å²) in [5.74, 6) is -2.17. The predicted octanol–water partition coefficient (Wildman–Crippen LogP) is -0.562. The van der Waals surface area contributed by atoms with Gasteiger partial charge in [0, 0.05) is 0 Å². The van der Waals surface area contributed by atoms with E-state index in [2.05, 4.69) is 0 Å². The molecule has 0 bridgehead atoms. The van der Waals surface area contributed by atoms with Crippen LogP contribution in [0.3, 0.4) is 0 Å². The van der Waals surface area contributed by atoms with E-state index in [-0.39, 0.29) is 33.9 Å². The Morgan fingerprint density at radius 2 is 0.864 bits per heavy atom. The Morgan fingerprint density at radius 1 is 0.636 bits per heavy atom. The molecule has 0 aromatic carbocycles. The summed E-state index contributed by atoms with van der Waals surface area (Å²) in [7, 11) is 0. The second-order valence-corrected chi connectivity index (χ2v) is 4.39. The molecule has 8 N–H and O–H groups in total. The molecule has 0 aromatic heterocycles. The van der Waals surface area contributed by atoms with E-state index < -0.39 is 11.8 Å². The fourth-order valence-corrected chi connectivity index (χ4v) is 2.20. The van der Waals surface area contributed by atoms with Crippen LogP contribution in [0, 0.1) is 57.2 Å². The van der Waals surface area contributed by atoms with Gasteiger partial charge in [-0.1, -0.05) is 0 Å². The van der Waals surface area contributed by atoms with E-state index in [9.17, 15) is 21.0 Å². The molecule has 0 heterocycles. The molecule has 22 heavy (non-hydrogen) atoms. The van der Waals surface area contributed by atoms with Gasteiger partial charge in [-0.05, 0) is 12.2 Å². The first kappa shape index (κ1) is 16.2. The minimum absolute atomic E-state index is 0.0195. The summed E-state index contributed by atoms with van der Waals surface area (Å²) in [6.07, 6.45) is 2.50. The van der Waals surface area contributed by atoms with E-state index in [0.717, 1.165) is 0 Å². The molecule has 108 valence electrons. The van der Waals surface area contributed by atoms with Crippen LogP contribution in [0.1, 0.15) is 0 Å². The average Bonchev–Trinajstić information content (AvgIpc) is 2.46. The molecule has 1 aliphatic rings. The zero-order valence-corrected chi connectivity index (χ0v) is 11.4. The third-order valence-electron chi connectivity index (χ3n) is 3.02. The maximum Gasteiger partial charge on any atom is 0.0968 e. The topological polar surface area (TPSA) is 199 Å². The van der Waals surface area contributed by atoms with Crippen molar-refractivity contribution in [3.8, 4) is 24.3 Å². The Kier molecular flexibility index (Phi) is 4.79. The van der Waals surface area contributed by atoms with Gasteiger partial charge in [0.25, 0.3) is 0 Å². The summed E-state index contributed by atoms with van der Waals surface area (Å²) in [4.78, 5) is 0. The molecule has 0 aromatic rings. The Bertz CT molecular complexity index is 659. The Balaban J connectivity index is 3.83. The van der Waals surface area contributed by atoms with E-state index in [1.165, 1.54) is 12.2 Å². The maximum atomic E-state index is 9.33. The summed E-state index contributed by atoms with van der Waals surface area (Å²) < 4.78 is 0. The van der Waals surface area contributed by atoms with Crippen LogP contribution in [0.4, 0.5) is 0 Å². The fourth-order valence-electron chi connectivity index (χ4n) is 2.20. The summed E-state index contributed by atoms with van der Waals surface area (Å²) in [6.45, 7) is 0. The molecule has 0 aliphatic heterocycles.